The van der Waals surface area contributed by atoms with Gasteiger partial charge in [-0.1, -0.05) is 41.3 Å². The van der Waals surface area contributed by atoms with Crippen molar-refractivity contribution in [1.82, 2.24) is 10.2 Å². The number of rotatable bonds is 5. The van der Waals surface area contributed by atoms with Crippen molar-refractivity contribution in [3.8, 4) is 0 Å². The number of amides is 2. The van der Waals surface area contributed by atoms with E-state index in [0.717, 1.165) is 14.8 Å². The Balaban J connectivity index is 1.48. The number of nitrogens with zero attached hydrogens (tertiary/aromatic N) is 3. The van der Waals surface area contributed by atoms with Gasteiger partial charge >= 0.3 is 0 Å². The fourth-order valence-electron chi connectivity index (χ4n) is 3.14. The van der Waals surface area contributed by atoms with Crippen LogP contribution in [-0.4, -0.2) is 28.6 Å². The predicted octanol–water partition coefficient (Wildman–Crippen LogP) is 4.13. The maximum atomic E-state index is 14.3. The Morgan fingerprint density at radius 1 is 1.31 bits per heavy atom. The van der Waals surface area contributed by atoms with Crippen LogP contribution >= 0.6 is 23.1 Å². The monoisotopic (exact) mass is 428 g/mol. The van der Waals surface area contributed by atoms with Gasteiger partial charge in [-0.25, -0.2) is 4.39 Å². The number of hydrogen-bond donors (Lipinski definition) is 1. The van der Waals surface area contributed by atoms with Crippen molar-refractivity contribution in [1.29, 1.82) is 0 Å². The topological polar surface area (TPSA) is 75.2 Å². The van der Waals surface area contributed by atoms with Gasteiger partial charge in [0.05, 0.1) is 17.3 Å². The van der Waals surface area contributed by atoms with Gasteiger partial charge in [-0.15, -0.1) is 10.2 Å². The molecule has 1 aliphatic rings. The lowest BCUT2D eigenvalue weighted by atomic mass is 10.1. The minimum absolute atomic E-state index is 0.0465. The summed E-state index contributed by atoms with van der Waals surface area (Å²) in [5.74, 6) is -1.54. The summed E-state index contributed by atoms with van der Waals surface area (Å²) in [5.41, 5.74) is 3.27. The van der Waals surface area contributed by atoms with E-state index in [9.17, 15) is 14.0 Å². The number of nitrogens with one attached hydrogen (secondary N) is 1. The first-order valence-electron chi connectivity index (χ1n) is 8.91. The van der Waals surface area contributed by atoms with Gasteiger partial charge in [-0.3, -0.25) is 9.59 Å². The van der Waals surface area contributed by atoms with Crippen molar-refractivity contribution in [2.45, 2.75) is 22.6 Å². The van der Waals surface area contributed by atoms with Crippen LogP contribution in [-0.2, 0) is 9.59 Å². The third-order valence-corrected chi connectivity index (χ3v) is 6.43. The van der Waals surface area contributed by atoms with Gasteiger partial charge in [0.25, 0.3) is 0 Å². The molecule has 1 N–H and O–H groups in total. The van der Waals surface area contributed by atoms with Gasteiger partial charge < -0.3 is 10.2 Å². The number of anilines is 2. The van der Waals surface area contributed by atoms with Crippen LogP contribution in [0.3, 0.4) is 0 Å². The van der Waals surface area contributed by atoms with Gasteiger partial charge in [0.1, 0.15) is 11.3 Å². The zero-order chi connectivity index (χ0) is 20.4. The van der Waals surface area contributed by atoms with Crippen molar-refractivity contribution in [2.75, 3.05) is 16.8 Å². The minimum atomic E-state index is -0.553. The fourth-order valence-corrected chi connectivity index (χ4v) is 4.66. The van der Waals surface area contributed by atoms with Crippen molar-refractivity contribution < 1.29 is 14.0 Å². The van der Waals surface area contributed by atoms with E-state index in [1.807, 2.05) is 18.2 Å². The first-order chi connectivity index (χ1) is 14.0. The number of para-hydroxylation sites is 1. The molecule has 0 spiro atoms. The molecule has 1 aromatic heterocycles. The smallest absolute Gasteiger partial charge is 0.229 e. The summed E-state index contributed by atoms with van der Waals surface area (Å²) in [6.07, 6.45) is 0.0465. The van der Waals surface area contributed by atoms with E-state index in [2.05, 4.69) is 15.5 Å². The molecular weight excluding hydrogens is 411 g/mol. The second kappa shape index (κ2) is 8.30. The van der Waals surface area contributed by atoms with Crippen LogP contribution in [0.5, 0.6) is 0 Å². The largest absolute Gasteiger partial charge is 0.325 e. The number of halogens is 1. The maximum Gasteiger partial charge on any atom is 0.229 e. The van der Waals surface area contributed by atoms with E-state index >= 15 is 0 Å². The maximum absolute atomic E-state index is 14.3. The summed E-state index contributed by atoms with van der Waals surface area (Å²) < 4.78 is 15.0. The van der Waals surface area contributed by atoms with E-state index < -0.39 is 11.7 Å². The first kappa shape index (κ1) is 19.5. The van der Waals surface area contributed by atoms with E-state index in [4.69, 9.17) is 0 Å². The highest BCUT2D eigenvalue weighted by Gasteiger charge is 2.36. The average Bonchev–Trinajstić information content (AvgIpc) is 3.33. The van der Waals surface area contributed by atoms with Crippen molar-refractivity contribution in [3.05, 3.63) is 59.4 Å². The molecule has 1 unspecified atom stereocenters. The highest BCUT2D eigenvalue weighted by Crippen LogP contribution is 2.35. The Morgan fingerprint density at radius 3 is 2.90 bits per heavy atom. The Labute approximate surface area is 175 Å². The number of aromatic nitrogens is 2. The summed E-state index contributed by atoms with van der Waals surface area (Å²) in [6.45, 7) is 1.93. The van der Waals surface area contributed by atoms with E-state index in [-0.39, 0.29) is 30.5 Å². The van der Waals surface area contributed by atoms with Crippen LogP contribution in [0.4, 0.5) is 15.8 Å². The number of aryl methyl sites for hydroxylation is 1. The quantitative estimate of drug-likeness (QED) is 0.661. The van der Waals surface area contributed by atoms with Gasteiger partial charge in [0.2, 0.25) is 11.8 Å². The predicted molar refractivity (Wildman–Crippen MR) is 111 cm³/mol. The molecule has 1 aliphatic heterocycles. The average molecular weight is 429 g/mol. The molecule has 148 valence electrons. The van der Waals surface area contributed by atoms with Gasteiger partial charge in [0, 0.05) is 17.9 Å². The van der Waals surface area contributed by atoms with Crippen molar-refractivity contribution in [2.24, 2.45) is 5.92 Å². The van der Waals surface area contributed by atoms with Crippen molar-refractivity contribution in [3.63, 3.8) is 0 Å². The summed E-state index contributed by atoms with van der Waals surface area (Å²) in [6, 6.07) is 12.1. The van der Waals surface area contributed by atoms with Crippen molar-refractivity contribution >= 4 is 46.3 Å². The lowest BCUT2D eigenvalue weighted by molar-refractivity contribution is -0.122. The van der Waals surface area contributed by atoms with Crippen LogP contribution in [0.25, 0.3) is 0 Å². The van der Waals surface area contributed by atoms with E-state index in [1.54, 1.807) is 30.6 Å². The molecular formula is C20H17FN4O2S2. The molecule has 6 nitrogen and oxygen atoms in total. The minimum Gasteiger partial charge on any atom is -0.325 e. The number of carbonyl (C=O) groups excluding carboxylic acids is 2. The molecule has 29 heavy (non-hydrogen) atoms. The van der Waals surface area contributed by atoms with Gasteiger partial charge in [-0.05, 0) is 36.8 Å². The molecule has 3 aromatic rings. The first-order valence-corrected chi connectivity index (χ1v) is 10.6. The second-order valence-electron chi connectivity index (χ2n) is 6.65. The molecule has 0 aliphatic carbocycles. The molecule has 4 rings (SSSR count). The molecule has 1 saturated heterocycles. The molecule has 2 aromatic carbocycles. The number of benzene rings is 2. The molecule has 0 saturated carbocycles. The third kappa shape index (κ3) is 4.30. The van der Waals surface area contributed by atoms with Gasteiger partial charge in [0.15, 0.2) is 4.34 Å². The molecule has 1 fully saturated rings. The summed E-state index contributed by atoms with van der Waals surface area (Å²) in [7, 11) is 0. The Kier molecular flexibility index (Phi) is 5.59. The zero-order valence-electron chi connectivity index (χ0n) is 15.5. The number of hydrogen-bond acceptors (Lipinski definition) is 6. The van der Waals surface area contributed by atoms with Crippen LogP contribution in [0.15, 0.2) is 57.2 Å². The standard InChI is InChI=1S/C20H17FN4O2S2/c1-12-6-7-16(14(21)8-12)25-10-13(9-18(25)26)19(27)23-15-4-2-3-5-17(15)29-20-24-22-11-28-20/h2-8,11,13H,9-10H2,1H3,(H,23,27). The highest BCUT2D eigenvalue weighted by atomic mass is 32.2. The number of carbonyl (C=O) groups is 2. The summed E-state index contributed by atoms with van der Waals surface area (Å²) >= 11 is 2.82. The van der Waals surface area contributed by atoms with Crippen LogP contribution in [0, 0.1) is 18.7 Å². The van der Waals surface area contributed by atoms with Crippen LogP contribution < -0.4 is 10.2 Å². The van der Waals surface area contributed by atoms with E-state index in [1.165, 1.54) is 34.1 Å². The zero-order valence-corrected chi connectivity index (χ0v) is 17.1. The summed E-state index contributed by atoms with van der Waals surface area (Å²) in [5, 5.41) is 10.7. The van der Waals surface area contributed by atoms with E-state index in [0.29, 0.717) is 5.69 Å². The molecule has 2 heterocycles. The molecule has 9 heteroatoms. The Hall–Kier alpha value is -2.78. The molecule has 2 amide bonds. The normalized spacial score (nSPS) is 16.3. The van der Waals surface area contributed by atoms with Crippen LogP contribution in [0.2, 0.25) is 0 Å². The Bertz CT molecular complexity index is 1060. The SMILES string of the molecule is Cc1ccc(N2CC(C(=O)Nc3ccccc3Sc3nncs3)CC2=O)c(F)c1. The third-order valence-electron chi connectivity index (χ3n) is 4.57. The lowest BCUT2D eigenvalue weighted by Crippen LogP contribution is -2.28. The molecule has 0 bridgehead atoms. The molecule has 0 radical (unpaired) electrons. The van der Waals surface area contributed by atoms with Crippen LogP contribution in [0.1, 0.15) is 12.0 Å². The Morgan fingerprint density at radius 2 is 2.14 bits per heavy atom. The highest BCUT2D eigenvalue weighted by molar-refractivity contribution is 8.01. The fraction of sp³-hybridized carbons (Fsp3) is 0.200. The second-order valence-corrected chi connectivity index (χ2v) is 8.77. The molecule has 1 atom stereocenters. The summed E-state index contributed by atoms with van der Waals surface area (Å²) in [4.78, 5) is 27.4. The van der Waals surface area contributed by atoms with Gasteiger partial charge in [-0.2, -0.15) is 0 Å². The lowest BCUT2D eigenvalue weighted by Gasteiger charge is -2.18.